The SMILES string of the molecule is CN(Cc1cc(Br)cs1)S(=O)(=O)c1ccc(F)c(CCl)c1. The lowest BCUT2D eigenvalue weighted by Gasteiger charge is -2.17. The van der Waals surface area contributed by atoms with E-state index in [2.05, 4.69) is 15.9 Å². The minimum Gasteiger partial charge on any atom is -0.207 e. The largest absolute Gasteiger partial charge is 0.243 e. The standard InChI is InChI=1S/C13H12BrClFNO2S2/c1-17(7-11-5-10(14)8-20-11)21(18,19)12-2-3-13(16)9(4-12)6-15/h2-5,8H,6-7H2,1H3. The van der Waals surface area contributed by atoms with Gasteiger partial charge in [-0.05, 0) is 40.2 Å². The molecule has 0 aliphatic heterocycles. The number of halogens is 3. The van der Waals surface area contributed by atoms with E-state index < -0.39 is 15.8 Å². The third-order valence-electron chi connectivity index (χ3n) is 2.87. The summed E-state index contributed by atoms with van der Waals surface area (Å²) >= 11 is 10.4. The molecule has 0 saturated carbocycles. The van der Waals surface area contributed by atoms with Gasteiger partial charge in [-0.1, -0.05) is 0 Å². The van der Waals surface area contributed by atoms with Gasteiger partial charge in [-0.25, -0.2) is 12.8 Å². The second kappa shape index (κ2) is 6.75. The van der Waals surface area contributed by atoms with Gasteiger partial charge in [0.05, 0.1) is 10.8 Å². The molecule has 0 aliphatic carbocycles. The first kappa shape index (κ1) is 16.9. The van der Waals surface area contributed by atoms with Crippen molar-refractivity contribution in [2.45, 2.75) is 17.3 Å². The van der Waals surface area contributed by atoms with Crippen LogP contribution in [-0.4, -0.2) is 19.8 Å². The van der Waals surface area contributed by atoms with Crippen molar-refractivity contribution in [3.63, 3.8) is 0 Å². The highest BCUT2D eigenvalue weighted by Crippen LogP contribution is 2.24. The Hall–Kier alpha value is -0.470. The van der Waals surface area contributed by atoms with Crippen molar-refractivity contribution in [3.05, 3.63) is 50.4 Å². The maximum Gasteiger partial charge on any atom is 0.243 e. The fourth-order valence-corrected chi connectivity index (χ4v) is 4.73. The minimum atomic E-state index is -3.68. The molecule has 0 bridgehead atoms. The molecule has 21 heavy (non-hydrogen) atoms. The van der Waals surface area contributed by atoms with Gasteiger partial charge in [-0.2, -0.15) is 4.31 Å². The highest BCUT2D eigenvalue weighted by atomic mass is 79.9. The molecule has 0 radical (unpaired) electrons. The number of thiophene rings is 1. The lowest BCUT2D eigenvalue weighted by Crippen LogP contribution is -2.26. The fourth-order valence-electron chi connectivity index (χ4n) is 1.74. The number of alkyl halides is 1. The number of benzene rings is 1. The molecule has 2 aromatic rings. The predicted octanol–water partition coefficient (Wildman–Crippen LogP) is 4.21. The summed E-state index contributed by atoms with van der Waals surface area (Å²) in [6.07, 6.45) is 0. The van der Waals surface area contributed by atoms with Crippen LogP contribution in [-0.2, 0) is 22.4 Å². The van der Waals surface area contributed by atoms with E-state index in [1.54, 1.807) is 0 Å². The van der Waals surface area contributed by atoms with Gasteiger partial charge in [0, 0.05) is 33.9 Å². The lowest BCUT2D eigenvalue weighted by atomic mass is 10.2. The smallest absolute Gasteiger partial charge is 0.207 e. The monoisotopic (exact) mass is 411 g/mol. The molecule has 0 aliphatic rings. The van der Waals surface area contributed by atoms with Crippen molar-refractivity contribution < 1.29 is 12.8 Å². The van der Waals surface area contributed by atoms with E-state index in [0.717, 1.165) is 15.4 Å². The van der Waals surface area contributed by atoms with Crippen LogP contribution in [0.15, 0.2) is 39.0 Å². The molecule has 8 heteroatoms. The summed E-state index contributed by atoms with van der Waals surface area (Å²) < 4.78 is 40.5. The van der Waals surface area contributed by atoms with Crippen molar-refractivity contribution in [3.8, 4) is 0 Å². The highest BCUT2D eigenvalue weighted by Gasteiger charge is 2.22. The molecule has 114 valence electrons. The Labute approximate surface area is 140 Å². The lowest BCUT2D eigenvalue weighted by molar-refractivity contribution is 0.469. The average molecular weight is 413 g/mol. The van der Waals surface area contributed by atoms with Gasteiger partial charge >= 0.3 is 0 Å². The third kappa shape index (κ3) is 3.84. The van der Waals surface area contributed by atoms with Gasteiger partial charge in [-0.15, -0.1) is 22.9 Å². The Morgan fingerprint density at radius 1 is 1.38 bits per heavy atom. The van der Waals surface area contributed by atoms with Crippen molar-refractivity contribution in [1.29, 1.82) is 0 Å². The molecule has 2 rings (SSSR count). The molecule has 1 aromatic carbocycles. The zero-order valence-electron chi connectivity index (χ0n) is 11.0. The highest BCUT2D eigenvalue weighted by molar-refractivity contribution is 9.10. The summed E-state index contributed by atoms with van der Waals surface area (Å²) in [4.78, 5) is 0.949. The molecule has 1 aromatic heterocycles. The Kier molecular flexibility index (Phi) is 5.43. The number of hydrogen-bond donors (Lipinski definition) is 0. The van der Waals surface area contributed by atoms with Crippen molar-refractivity contribution >= 4 is 48.9 Å². The fraction of sp³-hybridized carbons (Fsp3) is 0.231. The number of sulfonamides is 1. The van der Waals surface area contributed by atoms with E-state index >= 15 is 0 Å². The Morgan fingerprint density at radius 3 is 2.67 bits per heavy atom. The van der Waals surface area contributed by atoms with Crippen LogP contribution in [0, 0.1) is 5.82 Å². The quantitative estimate of drug-likeness (QED) is 0.690. The van der Waals surface area contributed by atoms with Gasteiger partial charge in [0.2, 0.25) is 10.0 Å². The zero-order valence-corrected chi connectivity index (χ0v) is 15.0. The summed E-state index contributed by atoms with van der Waals surface area (Å²) in [6.45, 7) is 0.256. The number of nitrogens with zero attached hydrogens (tertiary/aromatic N) is 1. The first-order valence-corrected chi connectivity index (χ1v) is 9.53. The molecule has 0 atom stereocenters. The first-order chi connectivity index (χ1) is 9.84. The Balaban J connectivity index is 2.28. The molecule has 3 nitrogen and oxygen atoms in total. The number of hydrogen-bond acceptors (Lipinski definition) is 3. The Morgan fingerprint density at radius 2 is 2.10 bits per heavy atom. The van der Waals surface area contributed by atoms with Crippen molar-refractivity contribution in [2.75, 3.05) is 7.05 Å². The molecule has 0 N–H and O–H groups in total. The zero-order chi connectivity index (χ0) is 15.6. The molecule has 1 heterocycles. The molecule has 0 fully saturated rings. The predicted molar refractivity (Wildman–Crippen MR) is 86.6 cm³/mol. The van der Waals surface area contributed by atoms with Gasteiger partial charge in [0.25, 0.3) is 0 Å². The third-order valence-corrected chi connectivity index (χ3v) is 6.64. The van der Waals surface area contributed by atoms with E-state index in [4.69, 9.17) is 11.6 Å². The molecule has 0 unspecified atom stereocenters. The Bertz CT molecular complexity index is 748. The van der Waals surface area contributed by atoms with Gasteiger partial charge in [0.15, 0.2) is 0 Å². The van der Waals surface area contributed by atoms with E-state index in [-0.39, 0.29) is 22.9 Å². The van der Waals surface area contributed by atoms with Crippen LogP contribution < -0.4 is 0 Å². The average Bonchev–Trinajstić information content (AvgIpc) is 2.84. The normalized spacial score (nSPS) is 12.0. The summed E-state index contributed by atoms with van der Waals surface area (Å²) in [6, 6.07) is 5.52. The van der Waals surface area contributed by atoms with Crippen LogP contribution >= 0.6 is 38.9 Å². The molecule has 0 spiro atoms. The van der Waals surface area contributed by atoms with Crippen molar-refractivity contribution in [2.24, 2.45) is 0 Å². The second-order valence-corrected chi connectivity index (χ2v) is 8.60. The second-order valence-electron chi connectivity index (χ2n) is 4.38. The van der Waals surface area contributed by atoms with Gasteiger partial charge < -0.3 is 0 Å². The maximum atomic E-state index is 13.4. The molecule has 0 amide bonds. The molecule has 0 saturated heterocycles. The van der Waals surface area contributed by atoms with E-state index in [1.807, 2.05) is 11.4 Å². The number of rotatable bonds is 5. The van der Waals surface area contributed by atoms with Crippen molar-refractivity contribution in [1.82, 2.24) is 4.31 Å². The van der Waals surface area contributed by atoms with Crippen LogP contribution in [0.3, 0.4) is 0 Å². The van der Waals surface area contributed by atoms with Crippen LogP contribution in [0.25, 0.3) is 0 Å². The van der Waals surface area contributed by atoms with E-state index in [9.17, 15) is 12.8 Å². The minimum absolute atomic E-state index is 0.0395. The summed E-state index contributed by atoms with van der Waals surface area (Å²) in [5.74, 6) is -0.578. The van der Waals surface area contributed by atoms with E-state index in [1.165, 1.54) is 34.8 Å². The molecular formula is C13H12BrClFNO2S2. The van der Waals surface area contributed by atoms with Crippen LogP contribution in [0.4, 0.5) is 4.39 Å². The summed E-state index contributed by atoms with van der Waals surface area (Å²) in [5, 5.41) is 1.89. The van der Waals surface area contributed by atoms with Gasteiger partial charge in [0.1, 0.15) is 5.82 Å². The topological polar surface area (TPSA) is 37.4 Å². The summed E-state index contributed by atoms with van der Waals surface area (Å²) in [5.41, 5.74) is 0.171. The van der Waals surface area contributed by atoms with Crippen LogP contribution in [0.5, 0.6) is 0 Å². The first-order valence-electron chi connectivity index (χ1n) is 5.88. The molecular weight excluding hydrogens is 401 g/mol. The summed E-state index contributed by atoms with van der Waals surface area (Å²) in [7, 11) is -2.19. The van der Waals surface area contributed by atoms with Crippen LogP contribution in [0.1, 0.15) is 10.4 Å². The van der Waals surface area contributed by atoms with E-state index in [0.29, 0.717) is 0 Å². The van der Waals surface area contributed by atoms with Crippen LogP contribution in [0.2, 0.25) is 0 Å². The van der Waals surface area contributed by atoms with Gasteiger partial charge in [-0.3, -0.25) is 0 Å². The maximum absolute atomic E-state index is 13.4.